The number of halogens is 4. The molecule has 0 aliphatic carbocycles. The number of hydrogen-bond donors (Lipinski definition) is 3. The molecule has 9 nitrogen and oxygen atoms in total. The molecule has 1 aliphatic heterocycles. The van der Waals surface area contributed by atoms with Crippen molar-refractivity contribution >= 4 is 51.7 Å². The minimum absolute atomic E-state index is 0.0157. The minimum Gasteiger partial charge on any atom is -0.361 e. The summed E-state index contributed by atoms with van der Waals surface area (Å²) in [7, 11) is 0. The van der Waals surface area contributed by atoms with Crippen LogP contribution in [0.5, 0.6) is 0 Å². The highest BCUT2D eigenvalue weighted by Crippen LogP contribution is 2.35. The van der Waals surface area contributed by atoms with E-state index in [-0.39, 0.29) is 40.6 Å². The summed E-state index contributed by atoms with van der Waals surface area (Å²) in [6.45, 7) is 9.35. The number of aromatic amines is 1. The number of alkyl halides is 2. The van der Waals surface area contributed by atoms with Crippen LogP contribution in [0.4, 0.5) is 14.6 Å². The molecule has 0 radical (unpaired) electrons. The molecule has 1 aliphatic rings. The summed E-state index contributed by atoms with van der Waals surface area (Å²) in [5.41, 5.74) is 1.26. The molecule has 1 fully saturated rings. The number of rotatable bonds is 8. The van der Waals surface area contributed by atoms with Gasteiger partial charge in [-0.15, -0.1) is 0 Å². The second-order valence-electron chi connectivity index (χ2n) is 9.84. The van der Waals surface area contributed by atoms with Crippen molar-refractivity contribution in [3.8, 4) is 0 Å². The lowest BCUT2D eigenvalue weighted by Gasteiger charge is -2.38. The third-order valence-electron chi connectivity index (χ3n) is 6.12. The highest BCUT2D eigenvalue weighted by molar-refractivity contribution is 6.32. The largest absolute Gasteiger partial charge is 0.361 e. The summed E-state index contributed by atoms with van der Waals surface area (Å²) in [4.78, 5) is 30.2. The molecule has 3 N–H and O–H groups in total. The van der Waals surface area contributed by atoms with Gasteiger partial charge >= 0.3 is 0 Å². The van der Waals surface area contributed by atoms with Crippen LogP contribution in [0, 0.1) is 0 Å². The summed E-state index contributed by atoms with van der Waals surface area (Å²) in [6.07, 6.45) is -1.56. The van der Waals surface area contributed by atoms with Gasteiger partial charge in [-0.05, 0) is 29.2 Å². The molecule has 1 saturated heterocycles. The maximum absolute atomic E-state index is 13.5. The topological polar surface area (TPSA) is 108 Å². The molecule has 1 aromatic carbocycles. The maximum Gasteiger partial charge on any atom is 0.271 e. The van der Waals surface area contributed by atoms with Gasteiger partial charge < -0.3 is 20.1 Å². The Labute approximate surface area is 222 Å². The number of anilines is 1. The average molecular weight is 554 g/mol. The highest BCUT2D eigenvalue weighted by Gasteiger charge is 2.33. The van der Waals surface area contributed by atoms with Gasteiger partial charge in [0.15, 0.2) is 11.0 Å². The Hall–Kier alpha value is -3.18. The second-order valence-corrected chi connectivity index (χ2v) is 10.6. The first kappa shape index (κ1) is 26.9. The average Bonchev–Trinajstić information content (AvgIpc) is 3.31. The molecule has 0 atom stereocenters. The Morgan fingerprint density at radius 3 is 2.62 bits per heavy atom. The second kappa shape index (κ2) is 10.3. The molecule has 13 heteroatoms. The van der Waals surface area contributed by atoms with Crippen LogP contribution in [0.3, 0.4) is 0 Å². The molecule has 4 rings (SSSR count). The van der Waals surface area contributed by atoms with Crippen molar-refractivity contribution in [1.29, 1.82) is 0 Å². The first-order valence-corrected chi connectivity index (χ1v) is 12.3. The van der Waals surface area contributed by atoms with Gasteiger partial charge in [-0.3, -0.25) is 14.7 Å². The van der Waals surface area contributed by atoms with Crippen molar-refractivity contribution in [2.45, 2.75) is 51.7 Å². The number of H-pyrrole nitrogens is 1. The van der Waals surface area contributed by atoms with E-state index in [0.29, 0.717) is 29.4 Å². The molecule has 2 amide bonds. The van der Waals surface area contributed by atoms with E-state index in [1.807, 2.05) is 26.8 Å². The molecule has 37 heavy (non-hydrogen) atoms. The number of benzene rings is 1. The van der Waals surface area contributed by atoms with Gasteiger partial charge in [0.2, 0.25) is 5.91 Å². The fourth-order valence-corrected chi connectivity index (χ4v) is 4.93. The third-order valence-corrected chi connectivity index (χ3v) is 6.69. The van der Waals surface area contributed by atoms with Crippen LogP contribution < -0.4 is 10.6 Å². The summed E-state index contributed by atoms with van der Waals surface area (Å²) in [5.74, 6) is -0.266. The van der Waals surface area contributed by atoms with E-state index in [9.17, 15) is 18.4 Å². The fourth-order valence-electron chi connectivity index (χ4n) is 4.20. The van der Waals surface area contributed by atoms with E-state index >= 15 is 0 Å². The number of imidazole rings is 1. The molecular formula is C24H27Cl2F2N7O2. The lowest BCUT2D eigenvalue weighted by Crippen LogP contribution is -2.60. The molecule has 0 spiro atoms. The highest BCUT2D eigenvalue weighted by atomic mass is 35.5. The zero-order chi connectivity index (χ0) is 27.1. The predicted molar refractivity (Wildman–Crippen MR) is 138 cm³/mol. The summed E-state index contributed by atoms with van der Waals surface area (Å²) in [6, 6.07) is 3.39. The Morgan fingerprint density at radius 2 is 2.00 bits per heavy atom. The van der Waals surface area contributed by atoms with Crippen molar-refractivity contribution in [1.82, 2.24) is 30.0 Å². The van der Waals surface area contributed by atoms with E-state index < -0.39 is 18.9 Å². The zero-order valence-corrected chi connectivity index (χ0v) is 22.1. The van der Waals surface area contributed by atoms with Gasteiger partial charge in [0.1, 0.15) is 11.5 Å². The number of carbonyl (C=O) groups is 2. The van der Waals surface area contributed by atoms with E-state index in [2.05, 4.69) is 32.4 Å². The van der Waals surface area contributed by atoms with Gasteiger partial charge in [-0.25, -0.2) is 13.8 Å². The molecular weight excluding hydrogens is 527 g/mol. The molecule has 0 saturated carbocycles. The molecule has 2 aromatic heterocycles. The lowest BCUT2D eigenvalue weighted by molar-refractivity contribution is -0.130. The van der Waals surface area contributed by atoms with Crippen LogP contribution >= 0.6 is 23.2 Å². The van der Waals surface area contributed by atoms with Crippen LogP contribution in [-0.2, 0) is 23.3 Å². The molecule has 3 aromatic rings. The Balaban J connectivity index is 1.55. The predicted octanol–water partition coefficient (Wildman–Crippen LogP) is 4.37. The lowest BCUT2D eigenvalue weighted by atomic mass is 9.86. The van der Waals surface area contributed by atoms with Crippen molar-refractivity contribution in [2.24, 2.45) is 0 Å². The van der Waals surface area contributed by atoms with E-state index in [4.69, 9.17) is 23.2 Å². The van der Waals surface area contributed by atoms with E-state index in [0.717, 1.165) is 15.5 Å². The number of fused-ring (bicyclic) bond motifs is 1. The van der Waals surface area contributed by atoms with E-state index in [1.165, 1.54) is 11.0 Å². The normalized spacial score (nSPS) is 14.2. The molecule has 0 bridgehead atoms. The van der Waals surface area contributed by atoms with Gasteiger partial charge in [-0.2, -0.15) is 5.10 Å². The molecule has 198 valence electrons. The SMILES string of the molecule is C=CC(=O)N1CC(NC(=O)c2c(Cl)nc(CNc3n[nH]c4cc(Cl)c(C(C)(C)C)cc34)n2CC(F)F)C1. The van der Waals surface area contributed by atoms with Crippen LogP contribution in [0.1, 0.15) is 42.6 Å². The molecule has 3 heterocycles. The number of hydrogen-bond acceptors (Lipinski definition) is 5. The summed E-state index contributed by atoms with van der Waals surface area (Å²) >= 11 is 12.7. The summed E-state index contributed by atoms with van der Waals surface area (Å²) < 4.78 is 28.0. The van der Waals surface area contributed by atoms with Crippen LogP contribution in [0.25, 0.3) is 10.9 Å². The quantitative estimate of drug-likeness (QED) is 0.359. The van der Waals surface area contributed by atoms with Crippen molar-refractivity contribution in [3.05, 3.63) is 52.0 Å². The Bertz CT molecular complexity index is 1360. The first-order valence-electron chi connectivity index (χ1n) is 11.6. The summed E-state index contributed by atoms with van der Waals surface area (Å²) in [5, 5.41) is 14.2. The number of carbonyl (C=O) groups excluding carboxylic acids is 2. The van der Waals surface area contributed by atoms with Crippen molar-refractivity contribution in [3.63, 3.8) is 0 Å². The van der Waals surface area contributed by atoms with Crippen LogP contribution in [0.2, 0.25) is 10.2 Å². The Morgan fingerprint density at radius 1 is 1.30 bits per heavy atom. The number of amides is 2. The Kier molecular flexibility index (Phi) is 7.48. The standard InChI is InChI=1S/C24H27Cl2F2N7O2/c1-5-19(36)34-9-12(10-34)30-23(37)20-21(26)31-18(35(20)11-17(27)28)8-29-22-13-6-14(24(2,3)4)15(25)7-16(13)32-33-22/h5-7,12,17H,1,8-11H2,2-4H3,(H,30,37)(H2,29,32,33). The minimum atomic E-state index is -2.75. The number of aromatic nitrogens is 4. The van der Waals surface area contributed by atoms with Gasteiger partial charge in [0.25, 0.3) is 12.3 Å². The van der Waals surface area contributed by atoms with E-state index in [1.54, 1.807) is 6.07 Å². The number of likely N-dealkylation sites (tertiary alicyclic amines) is 1. The fraction of sp³-hybridized carbons (Fsp3) is 0.417. The zero-order valence-electron chi connectivity index (χ0n) is 20.5. The van der Waals surface area contributed by atoms with Crippen LogP contribution in [-0.4, -0.2) is 62.0 Å². The first-order chi connectivity index (χ1) is 17.4. The van der Waals surface area contributed by atoms with Gasteiger partial charge in [0.05, 0.1) is 24.6 Å². The number of nitrogens with zero attached hydrogens (tertiary/aromatic N) is 4. The van der Waals surface area contributed by atoms with Crippen LogP contribution in [0.15, 0.2) is 24.8 Å². The smallest absolute Gasteiger partial charge is 0.271 e. The van der Waals surface area contributed by atoms with Crippen molar-refractivity contribution < 1.29 is 18.4 Å². The maximum atomic E-state index is 13.5. The third kappa shape index (κ3) is 5.57. The monoisotopic (exact) mass is 553 g/mol. The van der Waals surface area contributed by atoms with Gasteiger partial charge in [-0.1, -0.05) is 50.6 Å². The molecule has 0 unspecified atom stereocenters. The number of nitrogens with one attached hydrogen (secondary N) is 3. The van der Waals surface area contributed by atoms with Gasteiger partial charge in [0, 0.05) is 23.5 Å². The van der Waals surface area contributed by atoms with Crippen molar-refractivity contribution in [2.75, 3.05) is 18.4 Å².